The fourth-order valence-corrected chi connectivity index (χ4v) is 5.02. The number of alkyl halides is 3. The van der Waals surface area contributed by atoms with Crippen molar-refractivity contribution in [2.24, 2.45) is 0 Å². The van der Waals surface area contributed by atoms with Gasteiger partial charge in [0.25, 0.3) is 5.91 Å². The largest absolute Gasteiger partial charge is 0.530 e. The molecule has 5 rings (SSSR count). The van der Waals surface area contributed by atoms with E-state index >= 15 is 0 Å². The summed E-state index contributed by atoms with van der Waals surface area (Å²) in [6.45, 7) is 6.46. The minimum absolute atomic E-state index is 0.0116. The summed E-state index contributed by atoms with van der Waals surface area (Å²) < 4.78 is 43.7. The molecule has 1 aliphatic heterocycles. The molecular weight excluding hydrogens is 589 g/mol. The van der Waals surface area contributed by atoms with E-state index in [1.807, 2.05) is 26.0 Å². The van der Waals surface area contributed by atoms with Crippen LogP contribution in [0.15, 0.2) is 54.9 Å². The molecule has 234 valence electrons. The lowest BCUT2D eigenvalue weighted by molar-refractivity contribution is -0.266. The van der Waals surface area contributed by atoms with Crippen molar-refractivity contribution in [3.63, 3.8) is 0 Å². The summed E-state index contributed by atoms with van der Waals surface area (Å²) in [4.78, 5) is 37.4. The first-order valence-electron chi connectivity index (χ1n) is 14.3. The Morgan fingerprint density at radius 1 is 1.00 bits per heavy atom. The minimum Gasteiger partial charge on any atom is -0.530 e. The van der Waals surface area contributed by atoms with Gasteiger partial charge in [-0.05, 0) is 61.7 Å². The highest BCUT2D eigenvalue weighted by Crippen LogP contribution is 2.33. The van der Waals surface area contributed by atoms with E-state index in [-0.39, 0.29) is 49.7 Å². The first-order chi connectivity index (χ1) is 21.5. The molecule has 3 aromatic heterocycles. The number of nitrogens with zero attached hydrogens (tertiary/aromatic N) is 7. The maximum Gasteiger partial charge on any atom is 0.416 e. The molecule has 1 N–H and O–H groups in total. The minimum atomic E-state index is -4.70. The van der Waals surface area contributed by atoms with Crippen molar-refractivity contribution in [1.29, 1.82) is 0 Å². The molecule has 45 heavy (non-hydrogen) atoms. The number of carbonyl (C=O) groups is 2. The number of anilines is 2. The maximum absolute atomic E-state index is 14.0. The molecule has 0 spiro atoms. The third-order valence-electron chi connectivity index (χ3n) is 7.47. The molecule has 0 radical (unpaired) electrons. The molecule has 4 aromatic rings. The average molecular weight is 620 g/mol. The molecule has 1 aliphatic rings. The number of amides is 2. The quantitative estimate of drug-likeness (QED) is 0.314. The molecule has 1 saturated heterocycles. The number of carbonyl (C=O) groups excluding carboxylic acids is 2. The zero-order valence-electron chi connectivity index (χ0n) is 24.6. The number of hydrogen-bond acceptors (Lipinski definition) is 8. The van der Waals surface area contributed by atoms with E-state index in [9.17, 15) is 27.9 Å². The van der Waals surface area contributed by atoms with Gasteiger partial charge in [-0.15, -0.1) is 5.10 Å². The lowest BCUT2D eigenvalue weighted by Crippen LogP contribution is -2.52. The van der Waals surface area contributed by atoms with Crippen LogP contribution in [-0.2, 0) is 12.7 Å². The second-order valence-corrected chi connectivity index (χ2v) is 10.3. The van der Waals surface area contributed by atoms with Crippen LogP contribution >= 0.6 is 0 Å². The molecule has 1 aromatic carbocycles. The number of piperazine rings is 1. The molecule has 0 atom stereocenters. The Labute approximate surface area is 257 Å². The van der Waals surface area contributed by atoms with Crippen LogP contribution in [0, 0.1) is 11.8 Å². The number of hydrogen-bond donors (Lipinski definition) is 1. The van der Waals surface area contributed by atoms with Gasteiger partial charge in [-0.1, -0.05) is 12.0 Å². The molecule has 0 bridgehead atoms. The van der Waals surface area contributed by atoms with Crippen LogP contribution in [0.4, 0.5) is 29.6 Å². The van der Waals surface area contributed by atoms with Gasteiger partial charge in [0.05, 0.1) is 11.8 Å². The smallest absolute Gasteiger partial charge is 0.416 e. The van der Waals surface area contributed by atoms with Crippen LogP contribution in [-0.4, -0.2) is 80.7 Å². The molecule has 2 amide bonds. The molecule has 11 nitrogen and oxygen atoms in total. The summed E-state index contributed by atoms with van der Waals surface area (Å²) in [7, 11) is 0. The van der Waals surface area contributed by atoms with Gasteiger partial charge in [0.1, 0.15) is 23.4 Å². The maximum atomic E-state index is 14.0. The Hall–Kier alpha value is -5.16. The Kier molecular flexibility index (Phi) is 9.19. The monoisotopic (exact) mass is 619 g/mol. The molecule has 14 heteroatoms. The van der Waals surface area contributed by atoms with Gasteiger partial charge < -0.3 is 25.0 Å². The van der Waals surface area contributed by atoms with E-state index < -0.39 is 23.7 Å². The first-order valence-corrected chi connectivity index (χ1v) is 14.3. The van der Waals surface area contributed by atoms with E-state index in [2.05, 4.69) is 37.1 Å². The van der Waals surface area contributed by atoms with Crippen molar-refractivity contribution < 1.29 is 27.9 Å². The number of halogens is 3. The van der Waals surface area contributed by atoms with Crippen molar-refractivity contribution in [1.82, 2.24) is 29.4 Å². The lowest BCUT2D eigenvalue weighted by Gasteiger charge is -2.36. The van der Waals surface area contributed by atoms with Crippen molar-refractivity contribution in [3.05, 3.63) is 82.8 Å². The summed E-state index contributed by atoms with van der Waals surface area (Å²) in [6, 6.07) is 10.3. The summed E-state index contributed by atoms with van der Waals surface area (Å²) in [5.74, 6) is 6.19. The third-order valence-corrected chi connectivity index (χ3v) is 7.47. The van der Waals surface area contributed by atoms with Gasteiger partial charge in [-0.3, -0.25) is 9.69 Å². The zero-order chi connectivity index (χ0) is 32.1. The summed E-state index contributed by atoms with van der Waals surface area (Å²) in [6.07, 6.45) is -2.96. The van der Waals surface area contributed by atoms with Crippen LogP contribution in [0.1, 0.15) is 46.6 Å². The number of benzene rings is 1. The highest BCUT2D eigenvalue weighted by atomic mass is 19.4. The van der Waals surface area contributed by atoms with Crippen LogP contribution in [0.2, 0.25) is 0 Å². The molecular formula is C31H30F3N8O3-. The summed E-state index contributed by atoms with van der Waals surface area (Å²) in [5.41, 5.74) is 0.577. The predicted molar refractivity (Wildman–Crippen MR) is 158 cm³/mol. The van der Waals surface area contributed by atoms with Gasteiger partial charge in [0.2, 0.25) is 0 Å². The number of aromatic nitrogens is 4. The normalized spacial score (nSPS) is 13.8. The van der Waals surface area contributed by atoms with E-state index in [1.54, 1.807) is 21.7 Å². The van der Waals surface area contributed by atoms with E-state index in [4.69, 9.17) is 0 Å². The van der Waals surface area contributed by atoms with Gasteiger partial charge in [-0.2, -0.15) is 13.2 Å². The van der Waals surface area contributed by atoms with E-state index in [0.29, 0.717) is 16.9 Å². The topological polar surface area (TPSA) is 122 Å². The standard InChI is InChI=1S/C31H31F3N8O3/c1-3-40(4-2)28-10-9-27-36-19-24(42(27)38-28)8-5-21-11-12-35-26(17-21)37-29(43)22-6-7-23(25(18-22)31(32,33)34)20-39-13-15-41(16-14-39)30(44)45/h6-7,9-12,17-19H,3-4,13-16,20H2,1-2H3,(H,44,45)(H,35,37,43)/p-1. The van der Waals surface area contributed by atoms with Gasteiger partial charge in [0.15, 0.2) is 5.65 Å². The average Bonchev–Trinajstić information content (AvgIpc) is 3.43. The number of rotatable bonds is 7. The zero-order valence-corrected chi connectivity index (χ0v) is 24.6. The molecule has 0 aliphatic carbocycles. The summed E-state index contributed by atoms with van der Waals surface area (Å²) >= 11 is 0. The van der Waals surface area contributed by atoms with Crippen molar-refractivity contribution in [3.8, 4) is 11.8 Å². The number of imidazole rings is 1. The van der Waals surface area contributed by atoms with Crippen molar-refractivity contribution >= 4 is 29.3 Å². The first kappa shape index (κ1) is 31.3. The molecule has 0 unspecified atom stereocenters. The Morgan fingerprint density at radius 2 is 1.76 bits per heavy atom. The molecule has 1 fully saturated rings. The number of nitrogens with one attached hydrogen (secondary N) is 1. The van der Waals surface area contributed by atoms with E-state index in [1.165, 1.54) is 24.4 Å². The van der Waals surface area contributed by atoms with Crippen LogP contribution in [0.3, 0.4) is 0 Å². The number of fused-ring (bicyclic) bond motifs is 1. The Bertz CT molecular complexity index is 1770. The van der Waals surface area contributed by atoms with Gasteiger partial charge in [0, 0.05) is 63.1 Å². The number of pyridine rings is 1. The van der Waals surface area contributed by atoms with Crippen LogP contribution in [0.5, 0.6) is 0 Å². The Balaban J connectivity index is 1.31. The highest BCUT2D eigenvalue weighted by molar-refractivity contribution is 6.04. The predicted octanol–water partition coefficient (Wildman–Crippen LogP) is 3.10. The SMILES string of the molecule is CCN(CC)c1ccc2ncc(C#Cc3ccnc(NC(=O)c4ccc(CN5CCN(C(=O)[O-])CC5)c(C(F)(F)F)c4)c3)n2n1. The number of carboxylic acid groups (broad SMARTS) is 1. The fraction of sp³-hybridized carbons (Fsp3) is 0.323. The lowest BCUT2D eigenvalue weighted by atomic mass is 10.0. The second kappa shape index (κ2) is 13.2. The van der Waals surface area contributed by atoms with Crippen molar-refractivity contribution in [2.75, 3.05) is 49.5 Å². The molecule has 0 saturated carbocycles. The summed E-state index contributed by atoms with van der Waals surface area (Å²) in [5, 5.41) is 18.2. The Morgan fingerprint density at radius 3 is 2.44 bits per heavy atom. The van der Waals surface area contributed by atoms with Crippen LogP contribution in [0.25, 0.3) is 5.65 Å². The van der Waals surface area contributed by atoms with Gasteiger partial charge in [-0.25, -0.2) is 14.5 Å². The van der Waals surface area contributed by atoms with Gasteiger partial charge >= 0.3 is 6.18 Å². The van der Waals surface area contributed by atoms with E-state index in [0.717, 1.165) is 29.9 Å². The van der Waals surface area contributed by atoms with Crippen molar-refractivity contribution in [2.45, 2.75) is 26.6 Å². The highest BCUT2D eigenvalue weighted by Gasteiger charge is 2.34. The molecule has 4 heterocycles. The fourth-order valence-electron chi connectivity index (χ4n) is 5.02. The third kappa shape index (κ3) is 7.32. The second-order valence-electron chi connectivity index (χ2n) is 10.3. The van der Waals surface area contributed by atoms with Crippen LogP contribution < -0.4 is 15.3 Å².